The molecule has 0 saturated carbocycles. The highest BCUT2D eigenvalue weighted by molar-refractivity contribution is 5.75. The fraction of sp³-hybridized carbons (Fsp3) is 0.600. The fourth-order valence-corrected chi connectivity index (χ4v) is 3.19. The Morgan fingerprint density at radius 3 is 2.46 bits per heavy atom. The van der Waals surface area contributed by atoms with E-state index in [-0.39, 0.29) is 24.1 Å². The molecule has 0 bridgehead atoms. The molecule has 2 unspecified atom stereocenters. The van der Waals surface area contributed by atoms with Gasteiger partial charge in [-0.3, -0.25) is 4.79 Å². The van der Waals surface area contributed by atoms with E-state index in [9.17, 15) is 9.59 Å². The molecule has 0 radical (unpaired) electrons. The van der Waals surface area contributed by atoms with Gasteiger partial charge in [0.25, 0.3) is 0 Å². The molecule has 0 aromatic heterocycles. The van der Waals surface area contributed by atoms with Crippen molar-refractivity contribution < 1.29 is 19.1 Å². The third kappa shape index (κ3) is 5.46. The van der Waals surface area contributed by atoms with Gasteiger partial charge in [0, 0.05) is 25.2 Å². The van der Waals surface area contributed by atoms with Crippen LogP contribution in [0.3, 0.4) is 0 Å². The molecule has 1 aromatic rings. The molecule has 1 aromatic carbocycles. The summed E-state index contributed by atoms with van der Waals surface area (Å²) in [7, 11) is 1.38. The van der Waals surface area contributed by atoms with Gasteiger partial charge in [-0.2, -0.15) is 0 Å². The summed E-state index contributed by atoms with van der Waals surface area (Å²) < 4.78 is 10.4. The molecule has 1 fully saturated rings. The molecule has 1 aliphatic heterocycles. The molecule has 0 spiro atoms. The summed E-state index contributed by atoms with van der Waals surface area (Å²) in [5, 5.41) is 3.53. The molecular formula is C20H30N2O4. The first kappa shape index (κ1) is 20.2. The van der Waals surface area contributed by atoms with E-state index in [4.69, 9.17) is 9.47 Å². The number of methoxy groups -OCH3 is 1. The normalized spacial score (nSPS) is 21.8. The van der Waals surface area contributed by atoms with Gasteiger partial charge in [0.15, 0.2) is 0 Å². The zero-order chi connectivity index (χ0) is 19.3. The van der Waals surface area contributed by atoms with Crippen LogP contribution in [0.25, 0.3) is 0 Å². The third-order valence-corrected chi connectivity index (χ3v) is 4.53. The minimum absolute atomic E-state index is 0.0589. The molecule has 3 atom stereocenters. The Morgan fingerprint density at radius 1 is 1.23 bits per heavy atom. The van der Waals surface area contributed by atoms with Gasteiger partial charge >= 0.3 is 12.1 Å². The Morgan fingerprint density at radius 2 is 1.88 bits per heavy atom. The molecule has 2 rings (SSSR count). The number of amides is 1. The Hall–Kier alpha value is -2.08. The van der Waals surface area contributed by atoms with Gasteiger partial charge in [-0.25, -0.2) is 4.79 Å². The molecule has 1 aliphatic rings. The molecule has 0 aliphatic carbocycles. The van der Waals surface area contributed by atoms with Crippen LogP contribution < -0.4 is 5.32 Å². The number of nitrogens with one attached hydrogen (secondary N) is 1. The van der Waals surface area contributed by atoms with Gasteiger partial charge in [0.1, 0.15) is 5.60 Å². The molecule has 144 valence electrons. The van der Waals surface area contributed by atoms with Crippen molar-refractivity contribution in [2.24, 2.45) is 5.92 Å². The predicted molar refractivity (Wildman–Crippen MR) is 99.7 cm³/mol. The van der Waals surface area contributed by atoms with E-state index >= 15 is 0 Å². The maximum absolute atomic E-state index is 12.4. The van der Waals surface area contributed by atoms with Crippen molar-refractivity contribution in [3.05, 3.63) is 35.9 Å². The Kier molecular flexibility index (Phi) is 6.64. The standard InChI is InChI=1S/C20H30N2O4/c1-14(15-9-7-6-8-10-15)21-17-11-12-22(13-16(17)18(23)25-5)19(24)26-20(2,3)4/h6-10,14,16-17,21H,11-13H2,1-5H3/t14?,16?,17-/m0/s1. The lowest BCUT2D eigenvalue weighted by atomic mass is 9.91. The first-order valence-corrected chi connectivity index (χ1v) is 9.08. The fourth-order valence-electron chi connectivity index (χ4n) is 3.19. The van der Waals surface area contributed by atoms with Crippen LogP contribution in [0, 0.1) is 5.92 Å². The molecule has 1 N–H and O–H groups in total. The Labute approximate surface area is 155 Å². The number of nitrogens with zero attached hydrogens (tertiary/aromatic N) is 1. The smallest absolute Gasteiger partial charge is 0.410 e. The maximum atomic E-state index is 12.4. The number of esters is 1. The van der Waals surface area contributed by atoms with E-state index in [1.54, 1.807) is 4.90 Å². The number of carbonyl (C=O) groups excluding carboxylic acids is 2. The van der Waals surface area contributed by atoms with Crippen LogP contribution >= 0.6 is 0 Å². The van der Waals surface area contributed by atoms with Gasteiger partial charge in [-0.1, -0.05) is 30.3 Å². The zero-order valence-electron chi connectivity index (χ0n) is 16.3. The minimum Gasteiger partial charge on any atom is -0.469 e. The van der Waals surface area contributed by atoms with Crippen molar-refractivity contribution in [1.82, 2.24) is 10.2 Å². The molecule has 1 saturated heterocycles. The molecule has 6 heteroatoms. The van der Waals surface area contributed by atoms with Crippen molar-refractivity contribution >= 4 is 12.1 Å². The summed E-state index contributed by atoms with van der Waals surface area (Å²) in [5.74, 6) is -0.733. The number of likely N-dealkylation sites (tertiary alicyclic amines) is 1. The number of hydrogen-bond acceptors (Lipinski definition) is 5. The van der Waals surface area contributed by atoms with Gasteiger partial charge in [-0.05, 0) is 39.7 Å². The Bertz CT molecular complexity index is 612. The van der Waals surface area contributed by atoms with E-state index < -0.39 is 11.5 Å². The second kappa shape index (κ2) is 8.54. The average molecular weight is 362 g/mol. The lowest BCUT2D eigenvalue weighted by molar-refractivity contribution is -0.148. The summed E-state index contributed by atoms with van der Waals surface area (Å²) in [6, 6.07) is 10.1. The van der Waals surface area contributed by atoms with Gasteiger partial charge in [0.05, 0.1) is 13.0 Å². The largest absolute Gasteiger partial charge is 0.469 e. The van der Waals surface area contributed by atoms with Crippen LogP contribution in [0.4, 0.5) is 4.79 Å². The molecular weight excluding hydrogens is 332 g/mol. The van der Waals surface area contributed by atoms with Crippen LogP contribution in [-0.2, 0) is 14.3 Å². The van der Waals surface area contributed by atoms with Crippen molar-refractivity contribution in [3.63, 3.8) is 0 Å². The summed E-state index contributed by atoms with van der Waals surface area (Å²) in [6.07, 6.45) is 0.275. The highest BCUT2D eigenvalue weighted by atomic mass is 16.6. The van der Waals surface area contributed by atoms with Crippen LogP contribution in [0.1, 0.15) is 45.7 Å². The van der Waals surface area contributed by atoms with Crippen LogP contribution in [0.15, 0.2) is 30.3 Å². The third-order valence-electron chi connectivity index (χ3n) is 4.53. The lowest BCUT2D eigenvalue weighted by Crippen LogP contribution is -2.55. The van der Waals surface area contributed by atoms with Gasteiger partial charge < -0.3 is 19.7 Å². The second-order valence-corrected chi connectivity index (χ2v) is 7.75. The highest BCUT2D eigenvalue weighted by Crippen LogP contribution is 2.24. The van der Waals surface area contributed by atoms with E-state index in [1.807, 2.05) is 39.0 Å². The number of piperidine rings is 1. The van der Waals surface area contributed by atoms with E-state index in [0.29, 0.717) is 19.5 Å². The van der Waals surface area contributed by atoms with Crippen molar-refractivity contribution in [2.45, 2.75) is 51.8 Å². The van der Waals surface area contributed by atoms with E-state index in [1.165, 1.54) is 7.11 Å². The number of carbonyl (C=O) groups is 2. The van der Waals surface area contributed by atoms with E-state index in [2.05, 4.69) is 24.4 Å². The highest BCUT2D eigenvalue weighted by Gasteiger charge is 2.38. The average Bonchev–Trinajstić information content (AvgIpc) is 2.60. The topological polar surface area (TPSA) is 67.9 Å². The van der Waals surface area contributed by atoms with Crippen LogP contribution in [0.2, 0.25) is 0 Å². The monoisotopic (exact) mass is 362 g/mol. The summed E-state index contributed by atoms with van der Waals surface area (Å²) in [4.78, 5) is 26.3. The first-order valence-electron chi connectivity index (χ1n) is 9.08. The number of rotatable bonds is 4. The molecule has 26 heavy (non-hydrogen) atoms. The predicted octanol–water partition coefficient (Wildman–Crippen LogP) is 3.14. The van der Waals surface area contributed by atoms with Crippen molar-refractivity contribution in [1.29, 1.82) is 0 Å². The summed E-state index contributed by atoms with van der Waals surface area (Å²) in [6.45, 7) is 8.40. The van der Waals surface area contributed by atoms with Crippen LogP contribution in [0.5, 0.6) is 0 Å². The SMILES string of the molecule is COC(=O)C1CN(C(=O)OC(C)(C)C)CC[C@@H]1NC(C)c1ccccc1. The quantitative estimate of drug-likeness (QED) is 0.834. The number of benzene rings is 1. The lowest BCUT2D eigenvalue weighted by Gasteiger charge is -2.39. The molecule has 6 nitrogen and oxygen atoms in total. The molecule has 1 heterocycles. The number of ether oxygens (including phenoxy) is 2. The maximum Gasteiger partial charge on any atom is 0.410 e. The van der Waals surface area contributed by atoms with E-state index in [0.717, 1.165) is 5.56 Å². The first-order chi connectivity index (χ1) is 12.2. The number of hydrogen-bond donors (Lipinski definition) is 1. The Balaban J connectivity index is 2.06. The second-order valence-electron chi connectivity index (χ2n) is 7.75. The zero-order valence-corrected chi connectivity index (χ0v) is 16.3. The molecule has 1 amide bonds. The van der Waals surface area contributed by atoms with Gasteiger partial charge in [-0.15, -0.1) is 0 Å². The van der Waals surface area contributed by atoms with Crippen LogP contribution in [-0.4, -0.2) is 48.8 Å². The van der Waals surface area contributed by atoms with Crippen molar-refractivity contribution in [2.75, 3.05) is 20.2 Å². The van der Waals surface area contributed by atoms with Crippen molar-refractivity contribution in [3.8, 4) is 0 Å². The summed E-state index contributed by atoms with van der Waals surface area (Å²) in [5.41, 5.74) is 0.597. The minimum atomic E-state index is -0.561. The van der Waals surface area contributed by atoms with Gasteiger partial charge in [0.2, 0.25) is 0 Å². The summed E-state index contributed by atoms with van der Waals surface area (Å²) >= 11 is 0.